The summed E-state index contributed by atoms with van der Waals surface area (Å²) in [5, 5.41) is 18.9. The van der Waals surface area contributed by atoms with Crippen LogP contribution < -0.4 is 9.47 Å². The second-order valence-electron chi connectivity index (χ2n) is 6.29. The molecule has 31 heavy (non-hydrogen) atoms. The maximum absolute atomic E-state index is 12.8. The van der Waals surface area contributed by atoms with Gasteiger partial charge in [0, 0.05) is 6.54 Å². The van der Waals surface area contributed by atoms with Crippen LogP contribution in [0.5, 0.6) is 11.5 Å². The Morgan fingerprint density at radius 1 is 1.29 bits per heavy atom. The number of hydrogen-bond acceptors (Lipinski definition) is 9. The van der Waals surface area contributed by atoms with E-state index in [1.165, 1.54) is 30.2 Å². The highest BCUT2D eigenvalue weighted by Crippen LogP contribution is 2.36. The standard InChI is InChI=1S/C20H22N4O5S2/c1-4-16-22-23-19(31-16)21-20-24(5-2)18(27)15(30-20)11-12-6-7-13(14(10-12)28-3)29-9-8-17(25)26/h6-7,10-11H,4-5,8-9H2,1-3H3,(H,25,26)/b15-11+,21-20+. The van der Waals surface area contributed by atoms with Crippen LogP contribution in [0, 0.1) is 0 Å². The van der Waals surface area contributed by atoms with E-state index < -0.39 is 5.97 Å². The summed E-state index contributed by atoms with van der Waals surface area (Å²) in [6, 6.07) is 5.21. The monoisotopic (exact) mass is 462 g/mol. The summed E-state index contributed by atoms with van der Waals surface area (Å²) in [6.45, 7) is 4.42. The zero-order valence-corrected chi connectivity index (χ0v) is 19.0. The Hall–Kier alpha value is -2.92. The molecular formula is C20H22N4O5S2. The number of amidine groups is 1. The lowest BCUT2D eigenvalue weighted by molar-refractivity contribution is -0.137. The van der Waals surface area contributed by atoms with E-state index in [1.807, 2.05) is 13.8 Å². The van der Waals surface area contributed by atoms with Gasteiger partial charge in [-0.25, -0.2) is 0 Å². The van der Waals surface area contributed by atoms with Crippen molar-refractivity contribution in [1.29, 1.82) is 0 Å². The van der Waals surface area contributed by atoms with Gasteiger partial charge in [0.05, 0.1) is 25.0 Å². The van der Waals surface area contributed by atoms with E-state index in [9.17, 15) is 9.59 Å². The molecule has 0 unspecified atom stereocenters. The molecule has 11 heteroatoms. The molecule has 1 aromatic heterocycles. The average molecular weight is 463 g/mol. The predicted molar refractivity (Wildman–Crippen MR) is 120 cm³/mol. The third-order valence-electron chi connectivity index (χ3n) is 4.21. The molecule has 0 atom stereocenters. The van der Waals surface area contributed by atoms with Crippen LogP contribution in [0.25, 0.3) is 6.08 Å². The van der Waals surface area contributed by atoms with Gasteiger partial charge in [-0.1, -0.05) is 24.3 Å². The number of thioether (sulfide) groups is 1. The second-order valence-corrected chi connectivity index (χ2v) is 8.34. The number of aliphatic imine (C=N–C) groups is 1. The molecule has 0 radical (unpaired) electrons. The SMILES string of the molecule is CCc1nnc(/N=C2/S/C(=C/c3ccc(OCCC(=O)O)c(OC)c3)C(=O)N2CC)s1. The van der Waals surface area contributed by atoms with Crippen molar-refractivity contribution in [2.24, 2.45) is 4.99 Å². The number of aryl methyl sites for hydroxylation is 1. The van der Waals surface area contributed by atoms with Crippen molar-refractivity contribution in [1.82, 2.24) is 15.1 Å². The lowest BCUT2D eigenvalue weighted by atomic mass is 10.2. The van der Waals surface area contributed by atoms with Gasteiger partial charge >= 0.3 is 5.97 Å². The van der Waals surface area contributed by atoms with Crippen LogP contribution in [-0.4, -0.2) is 57.5 Å². The average Bonchev–Trinajstić information content (AvgIpc) is 3.32. The maximum atomic E-state index is 12.8. The fourth-order valence-corrected chi connectivity index (χ4v) is 4.43. The third kappa shape index (κ3) is 5.61. The molecule has 164 valence electrons. The number of aromatic nitrogens is 2. The van der Waals surface area contributed by atoms with Crippen molar-refractivity contribution in [3.8, 4) is 11.5 Å². The molecule has 0 aliphatic carbocycles. The zero-order valence-electron chi connectivity index (χ0n) is 17.3. The van der Waals surface area contributed by atoms with Gasteiger partial charge in [-0.15, -0.1) is 10.2 Å². The Bertz CT molecular complexity index is 1030. The highest BCUT2D eigenvalue weighted by molar-refractivity contribution is 8.18. The van der Waals surface area contributed by atoms with Gasteiger partial charge in [-0.05, 0) is 48.9 Å². The van der Waals surface area contributed by atoms with E-state index in [-0.39, 0.29) is 18.9 Å². The molecule has 3 rings (SSSR count). The molecule has 0 spiro atoms. The van der Waals surface area contributed by atoms with Crippen molar-refractivity contribution in [3.63, 3.8) is 0 Å². The minimum atomic E-state index is -0.936. The number of ether oxygens (including phenoxy) is 2. The number of carbonyl (C=O) groups excluding carboxylic acids is 1. The normalized spacial score (nSPS) is 16.4. The van der Waals surface area contributed by atoms with Crippen molar-refractivity contribution in [3.05, 3.63) is 33.7 Å². The first-order valence-electron chi connectivity index (χ1n) is 9.60. The van der Waals surface area contributed by atoms with Crippen molar-refractivity contribution in [2.75, 3.05) is 20.3 Å². The summed E-state index contributed by atoms with van der Waals surface area (Å²) >= 11 is 2.69. The van der Waals surface area contributed by atoms with E-state index >= 15 is 0 Å². The van der Waals surface area contributed by atoms with Crippen molar-refractivity contribution in [2.45, 2.75) is 26.7 Å². The van der Waals surface area contributed by atoms with Crippen LogP contribution >= 0.6 is 23.1 Å². The van der Waals surface area contributed by atoms with Crippen LogP contribution in [0.3, 0.4) is 0 Å². The van der Waals surface area contributed by atoms with Gasteiger partial charge in [0.1, 0.15) is 5.01 Å². The summed E-state index contributed by atoms with van der Waals surface area (Å²) in [5.41, 5.74) is 0.750. The molecule has 1 saturated heterocycles. The quantitative estimate of drug-likeness (QED) is 0.563. The highest BCUT2D eigenvalue weighted by atomic mass is 32.2. The number of nitrogens with zero attached hydrogens (tertiary/aromatic N) is 4. The van der Waals surface area contributed by atoms with Gasteiger partial charge in [0.2, 0.25) is 5.13 Å². The Morgan fingerprint density at radius 3 is 2.74 bits per heavy atom. The molecule has 0 bridgehead atoms. The lowest BCUT2D eigenvalue weighted by Crippen LogP contribution is -2.28. The molecule has 1 fully saturated rings. The largest absolute Gasteiger partial charge is 0.493 e. The first kappa shape index (κ1) is 22.8. The van der Waals surface area contributed by atoms with Crippen LogP contribution in [-0.2, 0) is 16.0 Å². The van der Waals surface area contributed by atoms with E-state index in [4.69, 9.17) is 14.6 Å². The second kappa shape index (κ2) is 10.4. The van der Waals surface area contributed by atoms with Gasteiger partial charge < -0.3 is 14.6 Å². The van der Waals surface area contributed by atoms with Crippen LogP contribution in [0.1, 0.15) is 30.8 Å². The Labute approximate surface area is 187 Å². The maximum Gasteiger partial charge on any atom is 0.306 e. The van der Waals surface area contributed by atoms with Gasteiger partial charge in [-0.2, -0.15) is 4.99 Å². The van der Waals surface area contributed by atoms with Crippen molar-refractivity contribution < 1.29 is 24.2 Å². The number of carbonyl (C=O) groups is 2. The Morgan fingerprint density at radius 2 is 2.10 bits per heavy atom. The summed E-state index contributed by atoms with van der Waals surface area (Å²) in [4.78, 5) is 30.1. The number of amides is 1. The molecule has 1 aromatic carbocycles. The summed E-state index contributed by atoms with van der Waals surface area (Å²) in [6.07, 6.45) is 2.44. The van der Waals surface area contributed by atoms with Gasteiger partial charge in [0.25, 0.3) is 5.91 Å². The van der Waals surface area contributed by atoms with E-state index in [0.29, 0.717) is 33.2 Å². The molecule has 1 aliphatic heterocycles. The predicted octanol–water partition coefficient (Wildman–Crippen LogP) is 3.59. The third-order valence-corrected chi connectivity index (χ3v) is 6.18. The van der Waals surface area contributed by atoms with E-state index in [1.54, 1.807) is 29.2 Å². The molecule has 1 N–H and O–H groups in total. The first-order chi connectivity index (χ1) is 14.9. The minimum absolute atomic E-state index is 0.0388. The van der Waals surface area contributed by atoms with Gasteiger partial charge in [-0.3, -0.25) is 14.5 Å². The summed E-state index contributed by atoms with van der Waals surface area (Å²) in [5.74, 6) is -0.171. The van der Waals surface area contributed by atoms with E-state index in [2.05, 4.69) is 15.2 Å². The van der Waals surface area contributed by atoms with Crippen molar-refractivity contribution >= 4 is 51.4 Å². The van der Waals surface area contributed by atoms with E-state index in [0.717, 1.165) is 17.0 Å². The first-order valence-corrected chi connectivity index (χ1v) is 11.2. The van der Waals surface area contributed by atoms with Crippen LogP contribution in [0.2, 0.25) is 0 Å². The molecule has 2 aromatic rings. The molecule has 1 amide bonds. The number of carboxylic acids is 1. The van der Waals surface area contributed by atoms with Crippen LogP contribution in [0.15, 0.2) is 28.1 Å². The number of carboxylic acid groups (broad SMARTS) is 1. The highest BCUT2D eigenvalue weighted by Gasteiger charge is 2.32. The fourth-order valence-electron chi connectivity index (χ4n) is 2.68. The Kier molecular flexibility index (Phi) is 7.64. The smallest absolute Gasteiger partial charge is 0.306 e. The summed E-state index contributed by atoms with van der Waals surface area (Å²) < 4.78 is 10.8. The number of aliphatic carboxylic acids is 1. The minimum Gasteiger partial charge on any atom is -0.493 e. The lowest BCUT2D eigenvalue weighted by Gasteiger charge is -2.11. The molecule has 0 saturated carbocycles. The zero-order chi connectivity index (χ0) is 22.4. The number of methoxy groups -OCH3 is 1. The number of likely N-dealkylation sites (N-methyl/N-ethyl adjacent to an activating group) is 1. The topological polar surface area (TPSA) is 114 Å². The number of benzene rings is 1. The molecule has 2 heterocycles. The number of rotatable bonds is 9. The van der Waals surface area contributed by atoms with Gasteiger partial charge in [0.15, 0.2) is 16.7 Å². The van der Waals surface area contributed by atoms with Crippen LogP contribution in [0.4, 0.5) is 5.13 Å². The molecule has 1 aliphatic rings. The number of hydrogen-bond donors (Lipinski definition) is 1. The molecule has 9 nitrogen and oxygen atoms in total. The fraction of sp³-hybridized carbons (Fsp3) is 0.350. The molecular weight excluding hydrogens is 440 g/mol. The summed E-state index contributed by atoms with van der Waals surface area (Å²) in [7, 11) is 1.50. The Balaban J connectivity index is 1.82.